The number of aromatic nitrogens is 4. The minimum absolute atomic E-state index is 0.156. The smallest absolute Gasteiger partial charge is 0.273 e. The van der Waals surface area contributed by atoms with E-state index in [0.717, 1.165) is 47.6 Å². The van der Waals surface area contributed by atoms with E-state index < -0.39 is 0 Å². The van der Waals surface area contributed by atoms with E-state index in [4.69, 9.17) is 23.2 Å². The first-order valence-electron chi connectivity index (χ1n) is 8.01. The van der Waals surface area contributed by atoms with E-state index in [2.05, 4.69) is 24.6 Å². The number of carbonyl (C=O) groups is 1. The first kappa shape index (κ1) is 17.3. The molecule has 1 N–H and O–H groups in total. The monoisotopic (exact) mass is 405 g/mol. The third-order valence-corrected chi connectivity index (χ3v) is 5.85. The fourth-order valence-electron chi connectivity index (χ4n) is 2.96. The Hall–Kier alpha value is -2.09. The number of amides is 1. The van der Waals surface area contributed by atoms with Gasteiger partial charge in [0.05, 0.1) is 6.04 Å². The lowest BCUT2D eigenvalue weighted by Gasteiger charge is -2.25. The van der Waals surface area contributed by atoms with Crippen molar-refractivity contribution in [3.8, 4) is 11.4 Å². The van der Waals surface area contributed by atoms with Crippen LogP contribution in [0.2, 0.25) is 9.36 Å². The van der Waals surface area contributed by atoms with Crippen molar-refractivity contribution in [1.82, 2.24) is 24.6 Å². The number of fused-ring (bicyclic) bond motifs is 1. The van der Waals surface area contributed by atoms with Gasteiger partial charge in [-0.2, -0.15) is 4.37 Å². The Morgan fingerprint density at radius 1 is 1.27 bits per heavy atom. The Kier molecular flexibility index (Phi) is 4.84. The lowest BCUT2D eigenvalue weighted by Crippen LogP contribution is -2.32. The number of aryl methyl sites for hydroxylation is 1. The van der Waals surface area contributed by atoms with Gasteiger partial charge in [0.2, 0.25) is 0 Å². The molecule has 6 nitrogen and oxygen atoms in total. The van der Waals surface area contributed by atoms with Gasteiger partial charge in [-0.15, -0.1) is 0 Å². The molecular weight excluding hydrogens is 393 g/mol. The highest BCUT2D eigenvalue weighted by Gasteiger charge is 2.26. The van der Waals surface area contributed by atoms with Crippen LogP contribution in [0.15, 0.2) is 30.7 Å². The molecule has 3 aromatic rings. The summed E-state index contributed by atoms with van der Waals surface area (Å²) in [5.74, 6) is 0.321. The number of carbonyl (C=O) groups excluding carboxylic acids is 1. The number of nitrogens with one attached hydrogen (secondary N) is 1. The molecule has 0 radical (unpaired) electrons. The first-order valence-corrected chi connectivity index (χ1v) is 9.54. The van der Waals surface area contributed by atoms with Crippen LogP contribution < -0.4 is 5.32 Å². The molecule has 0 saturated heterocycles. The highest BCUT2D eigenvalue weighted by molar-refractivity contribution is 7.11. The van der Waals surface area contributed by atoms with Crippen LogP contribution in [0.4, 0.5) is 0 Å². The average molecular weight is 406 g/mol. The highest BCUT2D eigenvalue weighted by atomic mass is 35.5. The van der Waals surface area contributed by atoms with Gasteiger partial charge in [-0.3, -0.25) is 9.78 Å². The van der Waals surface area contributed by atoms with Crippen LogP contribution in [0.5, 0.6) is 0 Å². The van der Waals surface area contributed by atoms with Crippen molar-refractivity contribution in [2.45, 2.75) is 25.3 Å². The van der Waals surface area contributed by atoms with Crippen LogP contribution in [-0.2, 0) is 6.42 Å². The fourth-order valence-corrected chi connectivity index (χ4v) is 3.96. The molecule has 0 saturated carbocycles. The van der Waals surface area contributed by atoms with Gasteiger partial charge in [-0.25, -0.2) is 9.97 Å². The number of halogens is 2. The second-order valence-corrected chi connectivity index (χ2v) is 7.62. The summed E-state index contributed by atoms with van der Waals surface area (Å²) in [6.07, 6.45) is 7.81. The zero-order valence-electron chi connectivity index (χ0n) is 13.4. The average Bonchev–Trinajstić information content (AvgIpc) is 3.01. The molecule has 1 aliphatic rings. The molecule has 0 fully saturated rings. The number of pyridine rings is 1. The highest BCUT2D eigenvalue weighted by Crippen LogP contribution is 2.32. The van der Waals surface area contributed by atoms with E-state index in [1.54, 1.807) is 18.6 Å². The van der Waals surface area contributed by atoms with Crippen LogP contribution in [0.3, 0.4) is 0 Å². The Labute approximate surface area is 163 Å². The van der Waals surface area contributed by atoms with E-state index in [-0.39, 0.29) is 22.7 Å². The number of rotatable bonds is 3. The molecule has 0 aliphatic heterocycles. The van der Waals surface area contributed by atoms with Crippen LogP contribution >= 0.6 is 34.7 Å². The van der Waals surface area contributed by atoms with Crippen molar-refractivity contribution in [2.75, 3.05) is 0 Å². The van der Waals surface area contributed by atoms with Gasteiger partial charge in [0.15, 0.2) is 11.5 Å². The SMILES string of the molecule is O=C(N[C@H]1CCCc2nc(-c3ccncc3)ncc21)c1nsc(Cl)c1Cl. The molecule has 0 bridgehead atoms. The molecule has 1 amide bonds. The van der Waals surface area contributed by atoms with Gasteiger partial charge in [-0.1, -0.05) is 23.2 Å². The summed E-state index contributed by atoms with van der Waals surface area (Å²) in [6, 6.07) is 3.57. The number of hydrogen-bond donors (Lipinski definition) is 1. The standard InChI is InChI=1S/C17H13Cl2N5OS/c18-13-14(24-26-15(13)19)17(25)23-12-3-1-2-11-10(12)8-21-16(22-11)9-4-6-20-7-5-9/h4-8,12H,1-3H2,(H,23,25)/t12-/m0/s1. The topological polar surface area (TPSA) is 80.7 Å². The van der Waals surface area contributed by atoms with Gasteiger partial charge in [0, 0.05) is 35.4 Å². The zero-order chi connectivity index (χ0) is 18.1. The largest absolute Gasteiger partial charge is 0.344 e. The lowest BCUT2D eigenvalue weighted by molar-refractivity contribution is 0.0928. The normalized spacial score (nSPS) is 16.2. The van der Waals surface area contributed by atoms with E-state index in [9.17, 15) is 4.79 Å². The molecule has 9 heteroatoms. The Balaban J connectivity index is 1.59. The molecule has 0 aromatic carbocycles. The summed E-state index contributed by atoms with van der Waals surface area (Å²) in [5, 5.41) is 3.17. The van der Waals surface area contributed by atoms with E-state index in [1.165, 1.54) is 0 Å². The molecule has 0 unspecified atom stereocenters. The molecule has 4 rings (SSSR count). The van der Waals surface area contributed by atoms with Gasteiger partial charge in [0.25, 0.3) is 5.91 Å². The van der Waals surface area contributed by atoms with Crippen molar-refractivity contribution in [3.63, 3.8) is 0 Å². The molecule has 1 aliphatic carbocycles. The molecule has 3 aromatic heterocycles. The minimum Gasteiger partial charge on any atom is -0.344 e. The maximum atomic E-state index is 12.5. The van der Waals surface area contributed by atoms with E-state index >= 15 is 0 Å². The number of nitrogens with zero attached hydrogens (tertiary/aromatic N) is 4. The van der Waals surface area contributed by atoms with E-state index in [1.807, 2.05) is 12.1 Å². The van der Waals surface area contributed by atoms with Gasteiger partial charge in [-0.05, 0) is 42.9 Å². The van der Waals surface area contributed by atoms with Crippen molar-refractivity contribution in [3.05, 3.63) is 57.0 Å². The summed E-state index contributed by atoms with van der Waals surface area (Å²) in [5.41, 5.74) is 2.95. The lowest BCUT2D eigenvalue weighted by atomic mass is 9.92. The molecule has 0 spiro atoms. The molecule has 1 atom stereocenters. The Morgan fingerprint density at radius 3 is 2.81 bits per heavy atom. The predicted octanol–water partition coefficient (Wildman–Crippen LogP) is 4.11. The van der Waals surface area contributed by atoms with E-state index in [0.29, 0.717) is 10.2 Å². The molecule has 132 valence electrons. The summed E-state index contributed by atoms with van der Waals surface area (Å²) in [4.78, 5) is 25.6. The quantitative estimate of drug-likeness (QED) is 0.708. The van der Waals surface area contributed by atoms with Crippen molar-refractivity contribution in [1.29, 1.82) is 0 Å². The third-order valence-electron chi connectivity index (χ3n) is 4.24. The van der Waals surface area contributed by atoms with Crippen LogP contribution in [0, 0.1) is 0 Å². The predicted molar refractivity (Wildman–Crippen MR) is 101 cm³/mol. The third kappa shape index (κ3) is 3.30. The fraction of sp³-hybridized carbons (Fsp3) is 0.235. The second-order valence-electron chi connectivity index (χ2n) is 5.87. The molecule has 3 heterocycles. The van der Waals surface area contributed by atoms with Gasteiger partial charge < -0.3 is 5.32 Å². The van der Waals surface area contributed by atoms with Gasteiger partial charge >= 0.3 is 0 Å². The first-order chi connectivity index (χ1) is 12.6. The van der Waals surface area contributed by atoms with Crippen molar-refractivity contribution < 1.29 is 4.79 Å². The Bertz CT molecular complexity index is 963. The summed E-state index contributed by atoms with van der Waals surface area (Å²) >= 11 is 12.9. The summed E-state index contributed by atoms with van der Waals surface area (Å²) in [6.45, 7) is 0. The summed E-state index contributed by atoms with van der Waals surface area (Å²) < 4.78 is 4.33. The van der Waals surface area contributed by atoms with Crippen molar-refractivity contribution in [2.24, 2.45) is 0 Å². The van der Waals surface area contributed by atoms with Crippen LogP contribution in [0.25, 0.3) is 11.4 Å². The van der Waals surface area contributed by atoms with Crippen LogP contribution in [0.1, 0.15) is 40.6 Å². The molecular formula is C17H13Cl2N5OS. The maximum absolute atomic E-state index is 12.5. The molecule has 26 heavy (non-hydrogen) atoms. The van der Waals surface area contributed by atoms with Crippen LogP contribution in [-0.4, -0.2) is 25.2 Å². The number of hydrogen-bond acceptors (Lipinski definition) is 6. The van der Waals surface area contributed by atoms with Crippen molar-refractivity contribution >= 4 is 40.6 Å². The zero-order valence-corrected chi connectivity index (χ0v) is 15.8. The minimum atomic E-state index is -0.339. The maximum Gasteiger partial charge on any atom is 0.273 e. The van der Waals surface area contributed by atoms with Gasteiger partial charge in [0.1, 0.15) is 9.36 Å². The second kappa shape index (κ2) is 7.26. The Morgan fingerprint density at radius 2 is 2.08 bits per heavy atom. The summed E-state index contributed by atoms with van der Waals surface area (Å²) in [7, 11) is 0.